The molecule has 1 atom stereocenters. The highest BCUT2D eigenvalue weighted by atomic mass is 32.2. The number of sulfonamides is 1. The fourth-order valence-corrected chi connectivity index (χ4v) is 3.62. The summed E-state index contributed by atoms with van der Waals surface area (Å²) in [6.07, 6.45) is 0.961. The first kappa shape index (κ1) is 19.1. The summed E-state index contributed by atoms with van der Waals surface area (Å²) < 4.78 is 25.9. The highest BCUT2D eigenvalue weighted by Crippen LogP contribution is 2.15. The molecule has 5 nitrogen and oxygen atoms in total. The van der Waals surface area contributed by atoms with Crippen molar-refractivity contribution in [2.75, 3.05) is 13.6 Å². The summed E-state index contributed by atoms with van der Waals surface area (Å²) in [6.45, 7) is 3.74. The summed E-state index contributed by atoms with van der Waals surface area (Å²) in [5.41, 5.74) is 2.22. The van der Waals surface area contributed by atoms with Crippen LogP contribution in [-0.2, 0) is 21.2 Å². The molecule has 2 aromatic rings. The summed E-state index contributed by atoms with van der Waals surface area (Å²) >= 11 is 0. The lowest BCUT2D eigenvalue weighted by atomic mass is 10.1. The molecule has 0 aromatic heterocycles. The number of aryl methyl sites for hydroxylation is 1. The molecule has 1 amide bonds. The number of rotatable bonds is 7. The second-order valence-electron chi connectivity index (χ2n) is 5.96. The molecule has 2 aromatic carbocycles. The van der Waals surface area contributed by atoms with Crippen LogP contribution in [0, 0.1) is 0 Å². The van der Waals surface area contributed by atoms with Crippen molar-refractivity contribution < 1.29 is 13.2 Å². The Labute approximate surface area is 149 Å². The molecule has 1 N–H and O–H groups in total. The van der Waals surface area contributed by atoms with Gasteiger partial charge in [-0.3, -0.25) is 4.79 Å². The Bertz CT molecular complexity index is 802. The van der Waals surface area contributed by atoms with Gasteiger partial charge >= 0.3 is 0 Å². The van der Waals surface area contributed by atoms with Gasteiger partial charge in [-0.2, -0.15) is 4.31 Å². The van der Waals surface area contributed by atoms with Crippen molar-refractivity contribution in [3.8, 4) is 0 Å². The molecule has 0 saturated heterocycles. The maximum Gasteiger partial charge on any atom is 0.243 e. The maximum absolute atomic E-state index is 12.4. The number of amides is 1. The van der Waals surface area contributed by atoms with E-state index in [-0.39, 0.29) is 23.4 Å². The van der Waals surface area contributed by atoms with E-state index in [1.165, 1.54) is 24.7 Å². The molecular weight excluding hydrogens is 336 g/mol. The van der Waals surface area contributed by atoms with Crippen molar-refractivity contribution in [1.82, 2.24) is 9.62 Å². The number of benzene rings is 2. The van der Waals surface area contributed by atoms with Crippen molar-refractivity contribution in [2.24, 2.45) is 0 Å². The van der Waals surface area contributed by atoms with Crippen LogP contribution in [-0.4, -0.2) is 32.2 Å². The van der Waals surface area contributed by atoms with E-state index in [9.17, 15) is 13.2 Å². The molecule has 0 bridgehead atoms. The SMILES string of the molecule is CCc1ccc([C@H](C)NC(=O)CN(C)S(=O)(=O)c2ccccc2)cc1. The van der Waals surface area contributed by atoms with E-state index in [4.69, 9.17) is 0 Å². The van der Waals surface area contributed by atoms with Crippen molar-refractivity contribution >= 4 is 15.9 Å². The van der Waals surface area contributed by atoms with Gasteiger partial charge in [0.1, 0.15) is 0 Å². The van der Waals surface area contributed by atoms with Gasteiger partial charge in [-0.1, -0.05) is 49.4 Å². The average Bonchev–Trinajstić information content (AvgIpc) is 2.62. The van der Waals surface area contributed by atoms with Gasteiger partial charge in [0.15, 0.2) is 0 Å². The number of likely N-dealkylation sites (N-methyl/N-ethyl adjacent to an activating group) is 1. The number of carbonyl (C=O) groups is 1. The van der Waals surface area contributed by atoms with Gasteiger partial charge in [0.2, 0.25) is 15.9 Å². The van der Waals surface area contributed by atoms with Crippen LogP contribution in [0.25, 0.3) is 0 Å². The van der Waals surface area contributed by atoms with E-state index < -0.39 is 10.0 Å². The minimum absolute atomic E-state index is 0.175. The predicted molar refractivity (Wildman–Crippen MR) is 98.6 cm³/mol. The minimum atomic E-state index is -3.67. The van der Waals surface area contributed by atoms with Crippen molar-refractivity contribution in [2.45, 2.75) is 31.2 Å². The molecule has 0 unspecified atom stereocenters. The lowest BCUT2D eigenvalue weighted by Crippen LogP contribution is -2.39. The number of nitrogens with one attached hydrogen (secondary N) is 1. The Morgan fingerprint density at radius 3 is 2.24 bits per heavy atom. The third-order valence-electron chi connectivity index (χ3n) is 4.08. The number of hydrogen-bond donors (Lipinski definition) is 1. The second-order valence-corrected chi connectivity index (χ2v) is 8.00. The highest BCUT2D eigenvalue weighted by molar-refractivity contribution is 7.89. The zero-order valence-corrected chi connectivity index (χ0v) is 15.6. The molecule has 134 valence electrons. The maximum atomic E-state index is 12.4. The van der Waals surface area contributed by atoms with Crippen molar-refractivity contribution in [1.29, 1.82) is 0 Å². The zero-order chi connectivity index (χ0) is 18.4. The Morgan fingerprint density at radius 1 is 1.08 bits per heavy atom. The Balaban J connectivity index is 1.99. The average molecular weight is 360 g/mol. The molecule has 2 rings (SSSR count). The molecule has 6 heteroatoms. The van der Waals surface area contributed by atoms with Gasteiger partial charge in [0, 0.05) is 7.05 Å². The standard InChI is InChI=1S/C19H24N2O3S/c1-4-16-10-12-17(13-11-16)15(2)20-19(22)14-21(3)25(23,24)18-8-6-5-7-9-18/h5-13,15H,4,14H2,1-3H3,(H,20,22)/t15-/m0/s1. The second kappa shape index (κ2) is 8.27. The summed E-state index contributed by atoms with van der Waals surface area (Å²) in [4.78, 5) is 12.4. The summed E-state index contributed by atoms with van der Waals surface area (Å²) in [5, 5.41) is 2.84. The molecule has 0 aliphatic heterocycles. The molecule has 0 fully saturated rings. The summed E-state index contributed by atoms with van der Waals surface area (Å²) in [6, 6.07) is 15.9. The largest absolute Gasteiger partial charge is 0.348 e. The lowest BCUT2D eigenvalue weighted by molar-refractivity contribution is -0.121. The molecule has 0 radical (unpaired) electrons. The van der Waals surface area contributed by atoms with Gasteiger partial charge in [-0.05, 0) is 36.6 Å². The quantitative estimate of drug-likeness (QED) is 0.826. The molecule has 0 heterocycles. The third kappa shape index (κ3) is 4.90. The van der Waals surface area contributed by atoms with E-state index in [1.54, 1.807) is 18.2 Å². The predicted octanol–water partition coefficient (Wildman–Crippen LogP) is 2.75. The van der Waals surface area contributed by atoms with E-state index in [0.717, 1.165) is 16.3 Å². The van der Waals surface area contributed by atoms with Gasteiger partial charge in [-0.15, -0.1) is 0 Å². The van der Waals surface area contributed by atoms with Gasteiger partial charge < -0.3 is 5.32 Å². The Hall–Kier alpha value is -2.18. The first-order valence-corrected chi connectivity index (χ1v) is 9.68. The number of carbonyl (C=O) groups excluding carboxylic acids is 1. The minimum Gasteiger partial charge on any atom is -0.348 e. The van der Waals surface area contributed by atoms with Crippen LogP contribution in [0.4, 0.5) is 0 Å². The molecule has 0 aliphatic carbocycles. The van der Waals surface area contributed by atoms with Gasteiger partial charge in [-0.25, -0.2) is 8.42 Å². The Morgan fingerprint density at radius 2 is 1.68 bits per heavy atom. The fraction of sp³-hybridized carbons (Fsp3) is 0.316. The number of hydrogen-bond acceptors (Lipinski definition) is 3. The van der Waals surface area contributed by atoms with Crippen LogP contribution in [0.3, 0.4) is 0 Å². The van der Waals surface area contributed by atoms with Crippen LogP contribution >= 0.6 is 0 Å². The number of nitrogens with zero attached hydrogens (tertiary/aromatic N) is 1. The summed E-state index contributed by atoms with van der Waals surface area (Å²) in [7, 11) is -2.27. The highest BCUT2D eigenvalue weighted by Gasteiger charge is 2.23. The molecule has 25 heavy (non-hydrogen) atoms. The molecule has 0 spiro atoms. The van der Waals surface area contributed by atoms with Crippen LogP contribution < -0.4 is 5.32 Å². The monoisotopic (exact) mass is 360 g/mol. The normalized spacial score (nSPS) is 12.8. The van der Waals surface area contributed by atoms with Crippen LogP contribution in [0.1, 0.15) is 31.0 Å². The smallest absolute Gasteiger partial charge is 0.243 e. The first-order chi connectivity index (χ1) is 11.8. The fourth-order valence-electron chi connectivity index (χ4n) is 2.47. The van der Waals surface area contributed by atoms with Gasteiger partial charge in [0.25, 0.3) is 0 Å². The van der Waals surface area contributed by atoms with E-state index in [0.29, 0.717) is 0 Å². The molecule has 0 saturated carbocycles. The topological polar surface area (TPSA) is 66.5 Å². The van der Waals surface area contributed by atoms with Crippen molar-refractivity contribution in [3.05, 3.63) is 65.7 Å². The zero-order valence-electron chi connectivity index (χ0n) is 14.8. The lowest BCUT2D eigenvalue weighted by Gasteiger charge is -2.19. The molecule has 0 aliphatic rings. The Kier molecular flexibility index (Phi) is 6.33. The molecular formula is C19H24N2O3S. The van der Waals surface area contributed by atoms with Crippen LogP contribution in [0.2, 0.25) is 0 Å². The van der Waals surface area contributed by atoms with E-state index >= 15 is 0 Å². The summed E-state index contributed by atoms with van der Waals surface area (Å²) in [5.74, 6) is -0.339. The van der Waals surface area contributed by atoms with Crippen LogP contribution in [0.5, 0.6) is 0 Å². The van der Waals surface area contributed by atoms with E-state index in [1.807, 2.05) is 31.2 Å². The van der Waals surface area contributed by atoms with Crippen molar-refractivity contribution in [3.63, 3.8) is 0 Å². The van der Waals surface area contributed by atoms with Crippen LogP contribution in [0.15, 0.2) is 59.5 Å². The third-order valence-corrected chi connectivity index (χ3v) is 5.90. The van der Waals surface area contributed by atoms with E-state index in [2.05, 4.69) is 12.2 Å². The first-order valence-electron chi connectivity index (χ1n) is 8.24. The van der Waals surface area contributed by atoms with Gasteiger partial charge in [0.05, 0.1) is 17.5 Å².